The van der Waals surface area contributed by atoms with Crippen molar-refractivity contribution in [3.05, 3.63) is 66.2 Å². The van der Waals surface area contributed by atoms with Gasteiger partial charge in [-0.25, -0.2) is 4.79 Å². The minimum Gasteiger partial charge on any atom is -0.497 e. The number of para-hydroxylation sites is 1. The maximum absolute atomic E-state index is 13.1. The molecule has 148 valence electrons. The van der Waals surface area contributed by atoms with Gasteiger partial charge in [0.25, 0.3) is 0 Å². The lowest BCUT2D eigenvalue weighted by molar-refractivity contribution is 0.200. The normalized spacial score (nSPS) is 15.7. The Labute approximate surface area is 167 Å². The molecule has 0 spiro atoms. The number of anilines is 1. The standard InChI is InChI=1S/C23H28N2O3/c1-27-21-14-12-20(13-15-21)24-23(26)25(16-18-8-4-3-5-9-18)17-19-10-6-7-11-22(19)28-2/h4,6-8,10-15,18H,3,5,9,16-17H2,1-2H3,(H,24,26). The molecule has 0 saturated carbocycles. The van der Waals surface area contributed by atoms with Crippen LogP contribution in [-0.4, -0.2) is 31.7 Å². The predicted molar refractivity (Wildman–Crippen MR) is 112 cm³/mol. The number of methoxy groups -OCH3 is 2. The molecule has 2 aromatic rings. The van der Waals surface area contributed by atoms with Crippen molar-refractivity contribution >= 4 is 11.7 Å². The number of allylic oxidation sites excluding steroid dienone is 1. The largest absolute Gasteiger partial charge is 0.497 e. The number of rotatable bonds is 7. The lowest BCUT2D eigenvalue weighted by Gasteiger charge is -2.28. The molecular formula is C23H28N2O3. The highest BCUT2D eigenvalue weighted by Crippen LogP contribution is 2.24. The van der Waals surface area contributed by atoms with Crippen LogP contribution < -0.4 is 14.8 Å². The molecule has 2 aromatic carbocycles. The van der Waals surface area contributed by atoms with Crippen LogP contribution in [0, 0.1) is 5.92 Å². The van der Waals surface area contributed by atoms with Gasteiger partial charge in [-0.05, 0) is 55.5 Å². The Morgan fingerprint density at radius 3 is 2.57 bits per heavy atom. The van der Waals surface area contributed by atoms with Gasteiger partial charge < -0.3 is 19.7 Å². The van der Waals surface area contributed by atoms with Crippen molar-refractivity contribution in [2.24, 2.45) is 5.92 Å². The van der Waals surface area contributed by atoms with Gasteiger partial charge in [0.15, 0.2) is 0 Å². The Kier molecular flexibility index (Phi) is 6.95. The number of nitrogens with one attached hydrogen (secondary N) is 1. The topological polar surface area (TPSA) is 50.8 Å². The Hall–Kier alpha value is -2.95. The molecule has 5 heteroatoms. The van der Waals surface area contributed by atoms with Crippen LogP contribution in [0.25, 0.3) is 0 Å². The van der Waals surface area contributed by atoms with Gasteiger partial charge in [-0.3, -0.25) is 0 Å². The van der Waals surface area contributed by atoms with Crippen molar-refractivity contribution in [1.29, 1.82) is 0 Å². The first-order valence-electron chi connectivity index (χ1n) is 9.68. The highest BCUT2D eigenvalue weighted by atomic mass is 16.5. The summed E-state index contributed by atoms with van der Waals surface area (Å²) in [6, 6.07) is 15.1. The first kappa shape index (κ1) is 19.8. The van der Waals surface area contributed by atoms with E-state index in [4.69, 9.17) is 9.47 Å². The van der Waals surface area contributed by atoms with E-state index in [9.17, 15) is 4.79 Å². The van der Waals surface area contributed by atoms with Crippen LogP contribution in [0.4, 0.5) is 10.5 Å². The van der Waals surface area contributed by atoms with E-state index in [0.717, 1.165) is 35.6 Å². The van der Waals surface area contributed by atoms with Crippen LogP contribution in [0.3, 0.4) is 0 Å². The smallest absolute Gasteiger partial charge is 0.322 e. The van der Waals surface area contributed by atoms with Gasteiger partial charge >= 0.3 is 6.03 Å². The summed E-state index contributed by atoms with van der Waals surface area (Å²) in [7, 11) is 3.28. The van der Waals surface area contributed by atoms with E-state index in [1.807, 2.05) is 53.4 Å². The molecule has 5 nitrogen and oxygen atoms in total. The molecule has 0 fully saturated rings. The molecule has 1 unspecified atom stereocenters. The van der Waals surface area contributed by atoms with E-state index < -0.39 is 0 Å². The predicted octanol–water partition coefficient (Wildman–Crippen LogP) is 5.09. The summed E-state index contributed by atoms with van der Waals surface area (Å²) in [4.78, 5) is 14.9. The molecule has 1 N–H and O–H groups in total. The van der Waals surface area contributed by atoms with Gasteiger partial charge in [-0.2, -0.15) is 0 Å². The highest BCUT2D eigenvalue weighted by Gasteiger charge is 2.20. The average Bonchev–Trinajstić information content (AvgIpc) is 2.75. The number of hydrogen-bond donors (Lipinski definition) is 1. The Morgan fingerprint density at radius 2 is 1.89 bits per heavy atom. The van der Waals surface area contributed by atoms with Gasteiger partial charge in [0, 0.05) is 17.8 Å². The minimum atomic E-state index is -0.116. The highest BCUT2D eigenvalue weighted by molar-refractivity contribution is 5.89. The molecule has 2 amide bonds. The lowest BCUT2D eigenvalue weighted by atomic mass is 9.95. The van der Waals surface area contributed by atoms with Gasteiger partial charge in [0.05, 0.1) is 20.8 Å². The lowest BCUT2D eigenvalue weighted by Crippen LogP contribution is -2.38. The third-order valence-electron chi connectivity index (χ3n) is 4.99. The Balaban J connectivity index is 1.76. The van der Waals surface area contributed by atoms with Gasteiger partial charge in [0.1, 0.15) is 11.5 Å². The molecule has 1 atom stereocenters. The van der Waals surface area contributed by atoms with Crippen molar-refractivity contribution < 1.29 is 14.3 Å². The fourth-order valence-electron chi connectivity index (χ4n) is 3.45. The van der Waals surface area contributed by atoms with Gasteiger partial charge in [-0.15, -0.1) is 0 Å². The summed E-state index contributed by atoms with van der Waals surface area (Å²) in [6.07, 6.45) is 7.86. The zero-order valence-corrected chi connectivity index (χ0v) is 16.6. The quantitative estimate of drug-likeness (QED) is 0.680. The average molecular weight is 380 g/mol. The number of ether oxygens (including phenoxy) is 2. The fraction of sp³-hybridized carbons (Fsp3) is 0.348. The van der Waals surface area contributed by atoms with Crippen molar-refractivity contribution in [3.8, 4) is 11.5 Å². The van der Waals surface area contributed by atoms with Crippen LogP contribution >= 0.6 is 0 Å². The van der Waals surface area contributed by atoms with E-state index in [1.54, 1.807) is 14.2 Å². The van der Waals surface area contributed by atoms with Crippen LogP contribution in [0.2, 0.25) is 0 Å². The molecule has 0 radical (unpaired) electrons. The van der Waals surface area contributed by atoms with Gasteiger partial charge in [-0.1, -0.05) is 30.4 Å². The zero-order chi connectivity index (χ0) is 19.8. The second-order valence-electron chi connectivity index (χ2n) is 6.97. The molecule has 1 aliphatic rings. The van der Waals surface area contributed by atoms with Crippen molar-refractivity contribution in [2.75, 3.05) is 26.1 Å². The molecule has 0 aromatic heterocycles. The van der Waals surface area contributed by atoms with Crippen LogP contribution in [0.15, 0.2) is 60.7 Å². The van der Waals surface area contributed by atoms with E-state index in [1.165, 1.54) is 6.42 Å². The van der Waals surface area contributed by atoms with E-state index in [-0.39, 0.29) is 6.03 Å². The summed E-state index contributed by atoms with van der Waals surface area (Å²) in [5, 5.41) is 3.01. The molecule has 1 aliphatic carbocycles. The van der Waals surface area contributed by atoms with E-state index in [2.05, 4.69) is 17.5 Å². The number of carbonyl (C=O) groups excluding carboxylic acids is 1. The molecule has 0 aliphatic heterocycles. The number of nitrogens with zero attached hydrogens (tertiary/aromatic N) is 1. The monoisotopic (exact) mass is 380 g/mol. The summed E-state index contributed by atoms with van der Waals surface area (Å²) in [5.41, 5.74) is 1.74. The zero-order valence-electron chi connectivity index (χ0n) is 16.6. The number of amides is 2. The maximum Gasteiger partial charge on any atom is 0.322 e. The third-order valence-corrected chi connectivity index (χ3v) is 4.99. The number of carbonyl (C=O) groups is 1. The second-order valence-corrected chi connectivity index (χ2v) is 6.97. The second kappa shape index (κ2) is 9.83. The number of urea groups is 1. The maximum atomic E-state index is 13.1. The summed E-state index contributed by atoms with van der Waals surface area (Å²) < 4.78 is 10.7. The van der Waals surface area contributed by atoms with Crippen molar-refractivity contribution in [2.45, 2.75) is 25.8 Å². The Morgan fingerprint density at radius 1 is 1.11 bits per heavy atom. The first-order valence-corrected chi connectivity index (χ1v) is 9.68. The first-order chi connectivity index (χ1) is 13.7. The minimum absolute atomic E-state index is 0.116. The van der Waals surface area contributed by atoms with E-state index in [0.29, 0.717) is 19.0 Å². The molecular weight excluding hydrogens is 352 g/mol. The van der Waals surface area contributed by atoms with Crippen LogP contribution in [0.1, 0.15) is 24.8 Å². The van der Waals surface area contributed by atoms with Crippen molar-refractivity contribution in [3.63, 3.8) is 0 Å². The fourth-order valence-corrected chi connectivity index (χ4v) is 3.45. The molecule has 28 heavy (non-hydrogen) atoms. The Bertz CT molecular complexity index is 802. The summed E-state index contributed by atoms with van der Waals surface area (Å²) in [5.74, 6) is 1.94. The summed E-state index contributed by atoms with van der Waals surface area (Å²) >= 11 is 0. The molecule has 0 heterocycles. The molecule has 0 bridgehead atoms. The SMILES string of the molecule is COc1ccc(NC(=O)N(Cc2ccccc2OC)CC2C=CCCC2)cc1. The molecule has 0 saturated heterocycles. The third kappa shape index (κ3) is 5.28. The number of hydrogen-bond acceptors (Lipinski definition) is 3. The van der Waals surface area contributed by atoms with Crippen molar-refractivity contribution in [1.82, 2.24) is 4.90 Å². The summed E-state index contributed by atoms with van der Waals surface area (Å²) in [6.45, 7) is 1.17. The molecule has 3 rings (SSSR count). The van der Waals surface area contributed by atoms with Crippen LogP contribution in [-0.2, 0) is 6.54 Å². The van der Waals surface area contributed by atoms with E-state index >= 15 is 0 Å². The van der Waals surface area contributed by atoms with Gasteiger partial charge in [0.2, 0.25) is 0 Å². The number of benzene rings is 2. The van der Waals surface area contributed by atoms with Crippen LogP contribution in [0.5, 0.6) is 11.5 Å².